The summed E-state index contributed by atoms with van der Waals surface area (Å²) in [5, 5.41) is 3.42. The third-order valence-corrected chi connectivity index (χ3v) is 7.06. The highest BCUT2D eigenvalue weighted by atomic mass is 15.2. The monoisotopic (exact) mass is 382 g/mol. The number of hydrogen-bond acceptors (Lipinski definition) is 2. The van der Waals surface area contributed by atoms with Crippen LogP contribution >= 0.6 is 0 Å². The third kappa shape index (κ3) is 2.62. The van der Waals surface area contributed by atoms with Crippen LogP contribution in [-0.2, 0) is 6.42 Å². The minimum Gasteiger partial charge on any atom is -0.386 e. The van der Waals surface area contributed by atoms with E-state index in [0.29, 0.717) is 6.04 Å². The van der Waals surface area contributed by atoms with Crippen molar-refractivity contribution in [3.05, 3.63) is 88.5 Å². The molecule has 0 amide bonds. The van der Waals surface area contributed by atoms with Crippen molar-refractivity contribution in [2.45, 2.75) is 39.7 Å². The van der Waals surface area contributed by atoms with Gasteiger partial charge in [-0.3, -0.25) is 0 Å². The molecular weight excluding hydrogens is 352 g/mol. The average molecular weight is 383 g/mol. The summed E-state index contributed by atoms with van der Waals surface area (Å²) in [6, 6.07) is 18.1. The van der Waals surface area contributed by atoms with Crippen LogP contribution in [0.5, 0.6) is 0 Å². The van der Waals surface area contributed by atoms with Gasteiger partial charge in [0.05, 0.1) is 17.4 Å². The normalized spacial score (nSPS) is 25.5. The Balaban J connectivity index is 1.71. The molecule has 0 radical (unpaired) electrons. The minimum absolute atomic E-state index is 0.0671. The predicted octanol–water partition coefficient (Wildman–Crippen LogP) is 6.23. The van der Waals surface area contributed by atoms with Gasteiger partial charge in [-0.25, -0.2) is 0 Å². The maximum atomic E-state index is 3.42. The molecule has 29 heavy (non-hydrogen) atoms. The lowest BCUT2D eigenvalue weighted by molar-refractivity contribution is 0.569. The summed E-state index contributed by atoms with van der Waals surface area (Å²) >= 11 is 0. The van der Waals surface area contributed by atoms with Crippen molar-refractivity contribution < 1.29 is 0 Å². The number of nitrogens with one attached hydrogen (secondary N) is 1. The van der Waals surface area contributed by atoms with Gasteiger partial charge in [0.25, 0.3) is 0 Å². The van der Waals surface area contributed by atoms with E-state index in [2.05, 4.69) is 91.7 Å². The quantitative estimate of drug-likeness (QED) is 0.633. The fourth-order valence-electron chi connectivity index (χ4n) is 6.04. The van der Waals surface area contributed by atoms with E-state index in [1.165, 1.54) is 22.5 Å². The Bertz CT molecular complexity index is 1070. The number of fused-ring (bicyclic) bond motifs is 4. The molecule has 3 aliphatic rings. The van der Waals surface area contributed by atoms with Crippen LogP contribution in [0.25, 0.3) is 5.57 Å². The molecule has 0 saturated carbocycles. The number of allylic oxidation sites excluding steroid dienone is 3. The standard InChI is InChI=1S/C27H30N2/c1-5-14-27(3)17-29(24-13-9-8-12-23(24)28-4)26-22-16-19-10-6-7-11-20(19)21(22)15-18(2)25(26)27/h5-14,26,28H,15-17H2,1-4H3. The number of anilines is 2. The van der Waals surface area contributed by atoms with Gasteiger partial charge in [-0.05, 0) is 66.7 Å². The zero-order chi connectivity index (χ0) is 20.2. The van der Waals surface area contributed by atoms with Crippen molar-refractivity contribution in [2.24, 2.45) is 5.41 Å². The minimum atomic E-state index is 0.0671. The van der Waals surface area contributed by atoms with Crippen LogP contribution in [-0.4, -0.2) is 19.6 Å². The predicted molar refractivity (Wildman–Crippen MR) is 124 cm³/mol. The van der Waals surface area contributed by atoms with E-state index in [9.17, 15) is 0 Å². The number of nitrogens with zero attached hydrogens (tertiary/aromatic N) is 1. The topological polar surface area (TPSA) is 15.3 Å². The first kappa shape index (κ1) is 18.3. The molecule has 1 N–H and O–H groups in total. The summed E-state index contributed by atoms with van der Waals surface area (Å²) in [5.41, 5.74) is 11.9. The summed E-state index contributed by atoms with van der Waals surface area (Å²) in [6.07, 6.45) is 6.83. The Morgan fingerprint density at radius 1 is 1.07 bits per heavy atom. The molecule has 1 aliphatic heterocycles. The molecule has 5 rings (SSSR count). The maximum absolute atomic E-state index is 3.42. The van der Waals surface area contributed by atoms with E-state index >= 15 is 0 Å². The Labute approximate surface area is 174 Å². The number of hydrogen-bond donors (Lipinski definition) is 1. The number of para-hydroxylation sites is 2. The van der Waals surface area contributed by atoms with Crippen LogP contribution < -0.4 is 10.2 Å². The van der Waals surface area contributed by atoms with Gasteiger partial charge in [0.2, 0.25) is 0 Å². The molecule has 2 aromatic carbocycles. The van der Waals surface area contributed by atoms with Gasteiger partial charge in [-0.1, -0.05) is 61.0 Å². The van der Waals surface area contributed by atoms with E-state index in [1.54, 1.807) is 22.3 Å². The zero-order valence-electron chi connectivity index (χ0n) is 17.9. The Morgan fingerprint density at radius 3 is 2.62 bits per heavy atom. The molecule has 0 spiro atoms. The average Bonchev–Trinajstić information content (AvgIpc) is 3.24. The van der Waals surface area contributed by atoms with Crippen LogP contribution in [0.1, 0.15) is 38.3 Å². The van der Waals surface area contributed by atoms with Crippen molar-refractivity contribution in [2.75, 3.05) is 23.8 Å². The lowest BCUT2D eigenvalue weighted by Gasteiger charge is -2.34. The largest absolute Gasteiger partial charge is 0.386 e. The molecule has 2 unspecified atom stereocenters. The van der Waals surface area contributed by atoms with Crippen LogP contribution in [0.15, 0.2) is 77.4 Å². The second kappa shape index (κ2) is 6.66. The molecule has 2 atom stereocenters. The van der Waals surface area contributed by atoms with Gasteiger partial charge in [0.1, 0.15) is 0 Å². The van der Waals surface area contributed by atoms with E-state index in [0.717, 1.165) is 19.4 Å². The fraction of sp³-hybridized carbons (Fsp3) is 0.333. The van der Waals surface area contributed by atoms with Gasteiger partial charge in [0, 0.05) is 19.0 Å². The van der Waals surface area contributed by atoms with Crippen molar-refractivity contribution in [1.29, 1.82) is 0 Å². The second-order valence-corrected chi connectivity index (χ2v) is 8.92. The van der Waals surface area contributed by atoms with E-state index in [-0.39, 0.29) is 5.41 Å². The van der Waals surface area contributed by atoms with E-state index in [1.807, 2.05) is 7.05 Å². The highest BCUT2D eigenvalue weighted by molar-refractivity contribution is 5.85. The molecule has 148 valence electrons. The fourth-order valence-corrected chi connectivity index (χ4v) is 6.04. The van der Waals surface area contributed by atoms with Crippen molar-refractivity contribution in [1.82, 2.24) is 0 Å². The van der Waals surface area contributed by atoms with E-state index < -0.39 is 0 Å². The number of rotatable bonds is 3. The maximum Gasteiger partial charge on any atom is 0.0738 e. The van der Waals surface area contributed by atoms with Crippen LogP contribution in [0.2, 0.25) is 0 Å². The van der Waals surface area contributed by atoms with Gasteiger partial charge in [-0.15, -0.1) is 0 Å². The first-order valence-electron chi connectivity index (χ1n) is 10.7. The van der Waals surface area contributed by atoms with Crippen molar-refractivity contribution in [3.8, 4) is 0 Å². The highest BCUT2D eigenvalue weighted by Crippen LogP contribution is 2.55. The van der Waals surface area contributed by atoms with Gasteiger partial charge in [0.15, 0.2) is 0 Å². The molecule has 2 heteroatoms. The third-order valence-electron chi connectivity index (χ3n) is 7.06. The lowest BCUT2D eigenvalue weighted by Crippen LogP contribution is -2.34. The molecule has 0 aromatic heterocycles. The first-order chi connectivity index (χ1) is 14.1. The SMILES string of the molecule is CC=CC1(C)CN(c2ccccc2NC)C2C3=C(CC(C)=C21)c1ccccc1C3. The van der Waals surface area contributed by atoms with Crippen LogP contribution in [0.3, 0.4) is 0 Å². The van der Waals surface area contributed by atoms with Crippen molar-refractivity contribution >= 4 is 16.9 Å². The summed E-state index contributed by atoms with van der Waals surface area (Å²) < 4.78 is 0. The van der Waals surface area contributed by atoms with Crippen LogP contribution in [0, 0.1) is 5.41 Å². The van der Waals surface area contributed by atoms with Crippen molar-refractivity contribution in [3.63, 3.8) is 0 Å². The molecule has 0 bridgehead atoms. The van der Waals surface area contributed by atoms with E-state index in [4.69, 9.17) is 0 Å². The molecule has 1 fully saturated rings. The molecule has 2 nitrogen and oxygen atoms in total. The second-order valence-electron chi connectivity index (χ2n) is 8.92. The van der Waals surface area contributed by atoms with Gasteiger partial charge < -0.3 is 10.2 Å². The summed E-state index contributed by atoms with van der Waals surface area (Å²) in [7, 11) is 2.03. The molecule has 2 aliphatic carbocycles. The molecule has 1 saturated heterocycles. The summed E-state index contributed by atoms with van der Waals surface area (Å²) in [4.78, 5) is 2.66. The smallest absolute Gasteiger partial charge is 0.0738 e. The number of benzene rings is 2. The Morgan fingerprint density at radius 2 is 1.83 bits per heavy atom. The molecular formula is C27H30N2. The zero-order valence-corrected chi connectivity index (χ0v) is 17.9. The first-order valence-corrected chi connectivity index (χ1v) is 10.7. The molecule has 2 aromatic rings. The lowest BCUT2D eigenvalue weighted by atomic mass is 9.73. The molecule has 1 heterocycles. The summed E-state index contributed by atoms with van der Waals surface area (Å²) in [5.74, 6) is 0. The summed E-state index contributed by atoms with van der Waals surface area (Å²) in [6.45, 7) is 7.95. The Kier molecular flexibility index (Phi) is 4.20. The Hall–Kier alpha value is -2.74. The van der Waals surface area contributed by atoms with Gasteiger partial charge in [-0.2, -0.15) is 0 Å². The highest BCUT2D eigenvalue weighted by Gasteiger charge is 2.50. The van der Waals surface area contributed by atoms with Crippen LogP contribution in [0.4, 0.5) is 11.4 Å². The van der Waals surface area contributed by atoms with Gasteiger partial charge >= 0.3 is 0 Å².